The third-order valence-corrected chi connectivity index (χ3v) is 4.83. The molecule has 2 heterocycles. The highest BCUT2D eigenvalue weighted by molar-refractivity contribution is 6.30. The average Bonchev–Trinajstić information content (AvgIpc) is 2.67. The van der Waals surface area contributed by atoms with E-state index in [0.717, 1.165) is 30.8 Å². The largest absolute Gasteiger partial charge is 0.296 e. The van der Waals surface area contributed by atoms with E-state index in [-0.39, 0.29) is 0 Å². The normalized spacial score (nSPS) is 26.1. The van der Waals surface area contributed by atoms with E-state index in [9.17, 15) is 8.78 Å². The van der Waals surface area contributed by atoms with Crippen molar-refractivity contribution in [3.05, 3.63) is 46.5 Å². The Hall–Kier alpha value is -0.930. The van der Waals surface area contributed by atoms with Gasteiger partial charge in [-0.25, -0.2) is 0 Å². The van der Waals surface area contributed by atoms with Gasteiger partial charge < -0.3 is 0 Å². The summed E-state index contributed by atoms with van der Waals surface area (Å²) < 4.78 is 25.5. The van der Waals surface area contributed by atoms with Gasteiger partial charge in [0.2, 0.25) is 0 Å². The van der Waals surface area contributed by atoms with Crippen LogP contribution in [0.15, 0.2) is 35.9 Å². The molecule has 2 bridgehead atoms. The molecule has 2 unspecified atom stereocenters. The van der Waals surface area contributed by atoms with Crippen molar-refractivity contribution in [1.29, 1.82) is 0 Å². The molecule has 2 aliphatic rings. The molecule has 0 radical (unpaired) electrons. The van der Waals surface area contributed by atoms with E-state index >= 15 is 0 Å². The number of benzene rings is 1. The van der Waals surface area contributed by atoms with E-state index in [1.807, 2.05) is 24.3 Å². The Morgan fingerprint density at radius 2 is 1.70 bits per heavy atom. The van der Waals surface area contributed by atoms with Crippen molar-refractivity contribution in [2.75, 3.05) is 6.54 Å². The molecule has 1 aromatic carbocycles. The summed E-state index contributed by atoms with van der Waals surface area (Å²) in [4.78, 5) is 2.43. The Bertz CT molecular complexity index is 492. The predicted octanol–water partition coefficient (Wildman–Crippen LogP) is 4.66. The second-order valence-electron chi connectivity index (χ2n) is 5.77. The topological polar surface area (TPSA) is 3.24 Å². The Morgan fingerprint density at radius 3 is 2.25 bits per heavy atom. The molecule has 0 amide bonds. The van der Waals surface area contributed by atoms with Crippen molar-refractivity contribution in [3.8, 4) is 0 Å². The van der Waals surface area contributed by atoms with Crippen LogP contribution in [0.3, 0.4) is 0 Å². The lowest BCUT2D eigenvalue weighted by Crippen LogP contribution is -2.41. The van der Waals surface area contributed by atoms with Crippen LogP contribution in [0.2, 0.25) is 5.02 Å². The van der Waals surface area contributed by atoms with Crippen LogP contribution in [-0.2, 0) is 6.42 Å². The maximum Gasteiger partial charge on any atom is 0.269 e. The first kappa shape index (κ1) is 14.0. The predicted molar refractivity (Wildman–Crippen MR) is 77.1 cm³/mol. The zero-order valence-electron chi connectivity index (χ0n) is 11.3. The minimum absolute atomic E-state index is 0.317. The van der Waals surface area contributed by atoms with Gasteiger partial charge in [0.15, 0.2) is 0 Å². The molecule has 2 atom stereocenters. The van der Waals surface area contributed by atoms with Gasteiger partial charge in [0, 0.05) is 23.7 Å². The summed E-state index contributed by atoms with van der Waals surface area (Å²) in [6.45, 7) is 0.956. The van der Waals surface area contributed by atoms with Gasteiger partial charge in [0.25, 0.3) is 6.08 Å². The van der Waals surface area contributed by atoms with E-state index < -0.39 is 6.08 Å². The van der Waals surface area contributed by atoms with Crippen molar-refractivity contribution in [2.24, 2.45) is 0 Å². The van der Waals surface area contributed by atoms with Gasteiger partial charge in [-0.1, -0.05) is 23.7 Å². The highest BCUT2D eigenvalue weighted by Gasteiger charge is 2.39. The van der Waals surface area contributed by atoms with Crippen molar-refractivity contribution in [3.63, 3.8) is 0 Å². The van der Waals surface area contributed by atoms with E-state index in [2.05, 4.69) is 4.90 Å². The highest BCUT2D eigenvalue weighted by Crippen LogP contribution is 2.39. The Morgan fingerprint density at radius 1 is 1.10 bits per heavy atom. The molecule has 2 saturated heterocycles. The molecule has 2 aliphatic heterocycles. The van der Waals surface area contributed by atoms with Crippen molar-refractivity contribution < 1.29 is 8.78 Å². The number of rotatable bonds is 3. The Balaban J connectivity index is 1.62. The first-order chi connectivity index (χ1) is 9.63. The molecule has 0 N–H and O–H groups in total. The first-order valence-electron chi connectivity index (χ1n) is 7.16. The van der Waals surface area contributed by atoms with E-state index in [1.54, 1.807) is 0 Å². The van der Waals surface area contributed by atoms with Crippen molar-refractivity contribution in [1.82, 2.24) is 4.90 Å². The molecular weight excluding hydrogens is 280 g/mol. The quantitative estimate of drug-likeness (QED) is 0.784. The van der Waals surface area contributed by atoms with Crippen LogP contribution in [0, 0.1) is 0 Å². The summed E-state index contributed by atoms with van der Waals surface area (Å²) in [7, 11) is 0. The third kappa shape index (κ3) is 2.89. The van der Waals surface area contributed by atoms with Crippen LogP contribution < -0.4 is 0 Å². The van der Waals surface area contributed by atoms with Crippen LogP contribution in [0.25, 0.3) is 0 Å². The monoisotopic (exact) mass is 297 g/mol. The molecule has 3 rings (SSSR count). The lowest BCUT2D eigenvalue weighted by Gasteiger charge is -2.35. The number of piperidine rings is 1. The van der Waals surface area contributed by atoms with Crippen LogP contribution in [-0.4, -0.2) is 23.5 Å². The molecular formula is C16H18ClF2N. The fourth-order valence-electron chi connectivity index (χ4n) is 3.53. The maximum atomic E-state index is 12.8. The molecule has 20 heavy (non-hydrogen) atoms. The summed E-state index contributed by atoms with van der Waals surface area (Å²) in [5.41, 5.74) is 1.65. The Kier molecular flexibility index (Phi) is 4.08. The minimum atomic E-state index is -1.45. The fraction of sp³-hybridized carbons (Fsp3) is 0.500. The van der Waals surface area contributed by atoms with Crippen molar-refractivity contribution in [2.45, 2.75) is 44.2 Å². The van der Waals surface area contributed by atoms with Gasteiger partial charge in [-0.15, -0.1) is 0 Å². The van der Waals surface area contributed by atoms with Crippen LogP contribution >= 0.6 is 11.6 Å². The molecule has 0 aromatic heterocycles. The molecule has 0 spiro atoms. The molecule has 2 fully saturated rings. The zero-order valence-corrected chi connectivity index (χ0v) is 12.0. The summed E-state index contributed by atoms with van der Waals surface area (Å²) in [6.07, 6.45) is 2.74. The second kappa shape index (κ2) is 5.82. The van der Waals surface area contributed by atoms with Crippen molar-refractivity contribution >= 4 is 11.6 Å². The molecule has 1 aromatic rings. The van der Waals surface area contributed by atoms with Gasteiger partial charge in [-0.3, -0.25) is 4.90 Å². The van der Waals surface area contributed by atoms with E-state index in [1.165, 1.54) is 5.56 Å². The summed E-state index contributed by atoms with van der Waals surface area (Å²) in [5.74, 6) is 0. The van der Waals surface area contributed by atoms with Gasteiger partial charge in [0.1, 0.15) is 0 Å². The van der Waals surface area contributed by atoms with Crippen LogP contribution in [0.5, 0.6) is 0 Å². The number of halogens is 3. The van der Waals surface area contributed by atoms with E-state index in [0.29, 0.717) is 30.5 Å². The number of hydrogen-bond donors (Lipinski definition) is 0. The lowest BCUT2D eigenvalue weighted by atomic mass is 9.97. The number of hydrogen-bond acceptors (Lipinski definition) is 1. The first-order valence-corrected chi connectivity index (χ1v) is 7.54. The number of fused-ring (bicyclic) bond motifs is 2. The van der Waals surface area contributed by atoms with Gasteiger partial charge >= 0.3 is 0 Å². The minimum Gasteiger partial charge on any atom is -0.296 e. The van der Waals surface area contributed by atoms with E-state index in [4.69, 9.17) is 11.6 Å². The summed E-state index contributed by atoms with van der Waals surface area (Å²) >= 11 is 5.88. The lowest BCUT2D eigenvalue weighted by molar-refractivity contribution is 0.163. The van der Waals surface area contributed by atoms with Gasteiger partial charge in [-0.05, 0) is 55.4 Å². The number of nitrogens with zero attached hydrogens (tertiary/aromatic N) is 1. The third-order valence-electron chi connectivity index (χ3n) is 4.57. The highest BCUT2D eigenvalue weighted by atomic mass is 35.5. The van der Waals surface area contributed by atoms with Gasteiger partial charge in [-0.2, -0.15) is 8.78 Å². The molecule has 0 saturated carbocycles. The average molecular weight is 298 g/mol. The molecule has 108 valence electrons. The zero-order chi connectivity index (χ0) is 14.1. The standard InChI is InChI=1S/C16H18ClF2N/c17-13-3-1-11(2-4-13)7-8-20-14-5-6-15(20)10-12(9-14)16(18)19/h1-4,14-15H,5-10H2. The SMILES string of the molecule is FC(F)=C1CC2CCC(C1)N2CCc1ccc(Cl)cc1. The maximum absolute atomic E-state index is 12.8. The summed E-state index contributed by atoms with van der Waals surface area (Å²) in [5, 5.41) is 0.750. The smallest absolute Gasteiger partial charge is 0.269 e. The van der Waals surface area contributed by atoms with Gasteiger partial charge in [0.05, 0.1) is 0 Å². The molecule has 4 heteroatoms. The molecule has 0 aliphatic carbocycles. The Labute approximate surface area is 123 Å². The fourth-order valence-corrected chi connectivity index (χ4v) is 3.66. The molecule has 1 nitrogen and oxygen atoms in total. The second-order valence-corrected chi connectivity index (χ2v) is 6.21. The van der Waals surface area contributed by atoms with Crippen LogP contribution in [0.4, 0.5) is 8.78 Å². The summed E-state index contributed by atoms with van der Waals surface area (Å²) in [6, 6.07) is 8.53. The van der Waals surface area contributed by atoms with Crippen LogP contribution in [0.1, 0.15) is 31.2 Å².